The summed E-state index contributed by atoms with van der Waals surface area (Å²) >= 11 is 1.55. The first-order valence-electron chi connectivity index (χ1n) is 5.24. The van der Waals surface area contributed by atoms with Gasteiger partial charge >= 0.3 is 5.97 Å². The third-order valence-corrected chi connectivity index (χ3v) is 3.11. The molecule has 0 aliphatic rings. The van der Waals surface area contributed by atoms with Crippen molar-refractivity contribution in [2.24, 2.45) is 0 Å². The third kappa shape index (κ3) is 2.55. The van der Waals surface area contributed by atoms with E-state index in [1.165, 1.54) is 0 Å². The number of benzene rings is 1. The van der Waals surface area contributed by atoms with Crippen LogP contribution in [0, 0.1) is 0 Å². The molecule has 88 valence electrons. The average Bonchev–Trinajstić information content (AvgIpc) is 2.28. The van der Waals surface area contributed by atoms with Gasteiger partial charge in [0, 0.05) is 10.6 Å². The van der Waals surface area contributed by atoms with Crippen LogP contribution >= 0.6 is 11.8 Å². The fourth-order valence-electron chi connectivity index (χ4n) is 1.46. The standard InChI is InChI=1S/C12H12N2O2S/c1-7(2)17-11-8-5-3-4-6-9(8)13-10(14-11)12(15)16/h3-7H,1-2H3,(H,15,16). The lowest BCUT2D eigenvalue weighted by atomic mass is 10.2. The SMILES string of the molecule is CC(C)Sc1nc(C(=O)O)nc2ccccc12. The predicted molar refractivity (Wildman–Crippen MR) is 67.5 cm³/mol. The number of carbonyl (C=O) groups is 1. The van der Waals surface area contributed by atoms with E-state index in [1.807, 2.05) is 32.0 Å². The fraction of sp³-hybridized carbons (Fsp3) is 0.250. The van der Waals surface area contributed by atoms with Crippen molar-refractivity contribution < 1.29 is 9.90 Å². The van der Waals surface area contributed by atoms with Crippen molar-refractivity contribution in [3.8, 4) is 0 Å². The Kier molecular flexibility index (Phi) is 3.28. The van der Waals surface area contributed by atoms with E-state index in [9.17, 15) is 4.79 Å². The molecule has 0 radical (unpaired) electrons. The molecule has 1 heterocycles. The Hall–Kier alpha value is -1.62. The molecule has 0 spiro atoms. The zero-order chi connectivity index (χ0) is 12.4. The molecule has 2 rings (SSSR count). The van der Waals surface area contributed by atoms with Crippen LogP contribution in [0.1, 0.15) is 24.5 Å². The maximum atomic E-state index is 10.9. The maximum Gasteiger partial charge on any atom is 0.373 e. The van der Waals surface area contributed by atoms with Crippen molar-refractivity contribution in [3.05, 3.63) is 30.1 Å². The van der Waals surface area contributed by atoms with Crippen LogP contribution in [0.15, 0.2) is 29.3 Å². The van der Waals surface area contributed by atoms with Gasteiger partial charge in [-0.15, -0.1) is 11.8 Å². The minimum absolute atomic E-state index is 0.146. The number of nitrogens with zero attached hydrogens (tertiary/aromatic N) is 2. The lowest BCUT2D eigenvalue weighted by Gasteiger charge is -2.08. The first kappa shape index (κ1) is 11.9. The van der Waals surface area contributed by atoms with E-state index in [2.05, 4.69) is 9.97 Å². The van der Waals surface area contributed by atoms with Gasteiger partial charge in [-0.05, 0) is 6.07 Å². The van der Waals surface area contributed by atoms with Crippen LogP contribution in [-0.2, 0) is 0 Å². The van der Waals surface area contributed by atoms with Crippen LogP contribution in [0.5, 0.6) is 0 Å². The van der Waals surface area contributed by atoms with Crippen LogP contribution in [0.2, 0.25) is 0 Å². The molecule has 0 saturated heterocycles. The Morgan fingerprint density at radius 3 is 2.65 bits per heavy atom. The predicted octanol–water partition coefficient (Wildman–Crippen LogP) is 2.83. The number of thioether (sulfide) groups is 1. The number of hydrogen-bond donors (Lipinski definition) is 1. The molecule has 0 unspecified atom stereocenters. The second-order valence-corrected chi connectivity index (χ2v) is 5.41. The van der Waals surface area contributed by atoms with Gasteiger partial charge in [-0.3, -0.25) is 0 Å². The zero-order valence-electron chi connectivity index (χ0n) is 9.54. The summed E-state index contributed by atoms with van der Waals surface area (Å²) in [6.45, 7) is 4.09. The maximum absolute atomic E-state index is 10.9. The smallest absolute Gasteiger partial charge is 0.373 e. The van der Waals surface area contributed by atoms with Gasteiger partial charge in [0.1, 0.15) is 5.03 Å². The molecule has 1 aromatic carbocycles. The van der Waals surface area contributed by atoms with Crippen LogP contribution in [0.25, 0.3) is 10.9 Å². The normalized spacial score (nSPS) is 11.0. The van der Waals surface area contributed by atoms with E-state index in [-0.39, 0.29) is 5.82 Å². The van der Waals surface area contributed by atoms with Crippen LogP contribution in [0.3, 0.4) is 0 Å². The molecule has 17 heavy (non-hydrogen) atoms. The number of aromatic carboxylic acids is 1. The highest BCUT2D eigenvalue weighted by Gasteiger charge is 2.13. The van der Waals surface area contributed by atoms with E-state index in [0.29, 0.717) is 10.8 Å². The summed E-state index contributed by atoms with van der Waals surface area (Å²) in [5.74, 6) is -1.24. The molecule has 2 aromatic rings. The van der Waals surface area contributed by atoms with Crippen molar-refractivity contribution in [1.82, 2.24) is 9.97 Å². The van der Waals surface area contributed by atoms with Gasteiger partial charge in [0.25, 0.3) is 0 Å². The Morgan fingerprint density at radius 2 is 2.00 bits per heavy atom. The molecule has 1 N–H and O–H groups in total. The quantitative estimate of drug-likeness (QED) is 0.668. The topological polar surface area (TPSA) is 63.1 Å². The minimum atomic E-state index is -1.10. The lowest BCUT2D eigenvalue weighted by Crippen LogP contribution is -2.06. The molecule has 0 aliphatic heterocycles. The number of hydrogen-bond acceptors (Lipinski definition) is 4. The van der Waals surface area contributed by atoms with Crippen molar-refractivity contribution >= 4 is 28.6 Å². The van der Waals surface area contributed by atoms with E-state index in [1.54, 1.807) is 17.8 Å². The number of carboxylic acid groups (broad SMARTS) is 1. The second-order valence-electron chi connectivity index (χ2n) is 3.84. The van der Waals surface area contributed by atoms with E-state index >= 15 is 0 Å². The molecule has 0 atom stereocenters. The van der Waals surface area contributed by atoms with Gasteiger partial charge in [-0.2, -0.15) is 0 Å². The van der Waals surface area contributed by atoms with Crippen LogP contribution in [0.4, 0.5) is 0 Å². The number of rotatable bonds is 3. The first-order valence-corrected chi connectivity index (χ1v) is 6.12. The van der Waals surface area contributed by atoms with Crippen molar-refractivity contribution in [3.63, 3.8) is 0 Å². The summed E-state index contributed by atoms with van der Waals surface area (Å²) in [5, 5.41) is 10.9. The zero-order valence-corrected chi connectivity index (χ0v) is 10.4. The average molecular weight is 248 g/mol. The highest BCUT2D eigenvalue weighted by atomic mass is 32.2. The van der Waals surface area contributed by atoms with Gasteiger partial charge in [0.15, 0.2) is 0 Å². The van der Waals surface area contributed by atoms with Crippen molar-refractivity contribution in [2.75, 3.05) is 0 Å². The molecule has 0 amide bonds. The Labute approximate surface area is 103 Å². The molecule has 0 saturated carbocycles. The van der Waals surface area contributed by atoms with Crippen LogP contribution < -0.4 is 0 Å². The van der Waals surface area contributed by atoms with Gasteiger partial charge in [0.2, 0.25) is 5.82 Å². The van der Waals surface area contributed by atoms with Crippen LogP contribution in [-0.4, -0.2) is 26.3 Å². The largest absolute Gasteiger partial charge is 0.475 e. The molecule has 1 aromatic heterocycles. The fourth-order valence-corrected chi connectivity index (χ4v) is 2.34. The highest BCUT2D eigenvalue weighted by Crippen LogP contribution is 2.28. The van der Waals surface area contributed by atoms with E-state index in [0.717, 1.165) is 10.4 Å². The molecular formula is C12H12N2O2S. The second kappa shape index (κ2) is 4.71. The highest BCUT2D eigenvalue weighted by molar-refractivity contribution is 8.00. The summed E-state index contributed by atoms with van der Waals surface area (Å²) in [6.07, 6.45) is 0. The number of fused-ring (bicyclic) bond motifs is 1. The summed E-state index contributed by atoms with van der Waals surface area (Å²) in [5.41, 5.74) is 0.669. The van der Waals surface area contributed by atoms with Gasteiger partial charge < -0.3 is 5.11 Å². The Balaban J connectivity index is 2.64. The van der Waals surface area contributed by atoms with Gasteiger partial charge in [-0.25, -0.2) is 14.8 Å². The Bertz CT molecular complexity index is 569. The Morgan fingerprint density at radius 1 is 1.29 bits per heavy atom. The summed E-state index contributed by atoms with van der Waals surface area (Å²) < 4.78 is 0. The van der Waals surface area contributed by atoms with Crippen molar-refractivity contribution in [1.29, 1.82) is 0 Å². The first-order chi connectivity index (χ1) is 8.08. The molecule has 4 nitrogen and oxygen atoms in total. The summed E-state index contributed by atoms with van der Waals surface area (Å²) in [6, 6.07) is 7.45. The monoisotopic (exact) mass is 248 g/mol. The molecule has 0 fully saturated rings. The van der Waals surface area contributed by atoms with Gasteiger partial charge in [0.05, 0.1) is 5.52 Å². The van der Waals surface area contributed by atoms with E-state index < -0.39 is 5.97 Å². The molecular weight excluding hydrogens is 236 g/mol. The lowest BCUT2D eigenvalue weighted by molar-refractivity contribution is 0.0683. The minimum Gasteiger partial charge on any atom is -0.475 e. The number of carboxylic acids is 1. The van der Waals surface area contributed by atoms with Gasteiger partial charge in [-0.1, -0.05) is 32.0 Å². The molecule has 0 aliphatic carbocycles. The molecule has 0 bridgehead atoms. The number of para-hydroxylation sites is 1. The van der Waals surface area contributed by atoms with Crippen molar-refractivity contribution in [2.45, 2.75) is 24.1 Å². The third-order valence-electron chi connectivity index (χ3n) is 2.11. The number of aromatic nitrogens is 2. The summed E-state index contributed by atoms with van der Waals surface area (Å²) in [7, 11) is 0. The summed E-state index contributed by atoms with van der Waals surface area (Å²) in [4.78, 5) is 19.1. The van der Waals surface area contributed by atoms with E-state index in [4.69, 9.17) is 5.11 Å². The molecule has 5 heteroatoms.